The first-order valence-electron chi connectivity index (χ1n) is 8.99. The molecule has 136 valence electrons. The Kier molecular flexibility index (Phi) is 3.66. The molecule has 3 fully saturated rings. The van der Waals surface area contributed by atoms with Crippen LogP contribution < -0.4 is 5.32 Å². The van der Waals surface area contributed by atoms with Gasteiger partial charge in [0.05, 0.1) is 25.7 Å². The van der Waals surface area contributed by atoms with Crippen LogP contribution in [0.15, 0.2) is 29.7 Å². The first kappa shape index (κ1) is 15.7. The monoisotopic (exact) mass is 356 g/mol. The van der Waals surface area contributed by atoms with Gasteiger partial charge < -0.3 is 19.8 Å². The zero-order chi connectivity index (χ0) is 17.7. The summed E-state index contributed by atoms with van der Waals surface area (Å²) in [6.07, 6.45) is 3.19. The molecule has 0 aromatic carbocycles. The summed E-state index contributed by atoms with van der Waals surface area (Å²) in [6, 6.07) is 3.72. The second kappa shape index (κ2) is 6.05. The van der Waals surface area contributed by atoms with Crippen LogP contribution in [0.25, 0.3) is 0 Å². The van der Waals surface area contributed by atoms with Gasteiger partial charge in [-0.3, -0.25) is 14.6 Å². The van der Waals surface area contributed by atoms with Crippen LogP contribution in [0.2, 0.25) is 0 Å². The van der Waals surface area contributed by atoms with Gasteiger partial charge in [0.25, 0.3) is 5.91 Å². The number of aromatic nitrogens is 1. The highest BCUT2D eigenvalue weighted by Gasteiger charge is 2.60. The molecule has 2 saturated heterocycles. The Morgan fingerprint density at radius 2 is 2.12 bits per heavy atom. The number of pyridine rings is 1. The molecule has 8 heteroatoms. The molecule has 0 bridgehead atoms. The van der Waals surface area contributed by atoms with Crippen LogP contribution in [-0.2, 0) is 25.7 Å². The van der Waals surface area contributed by atoms with Crippen LogP contribution in [0, 0.1) is 23.7 Å². The Labute approximate surface area is 150 Å². The van der Waals surface area contributed by atoms with Crippen molar-refractivity contribution in [1.29, 1.82) is 0 Å². The number of hydrogen-bond donors (Lipinski definition) is 1. The Morgan fingerprint density at radius 1 is 1.27 bits per heavy atom. The number of carbonyl (C=O) groups is 2. The molecule has 1 aliphatic carbocycles. The van der Waals surface area contributed by atoms with E-state index in [0.29, 0.717) is 50.4 Å². The smallest absolute Gasteiger partial charge is 0.269 e. The van der Waals surface area contributed by atoms with Crippen molar-refractivity contribution in [3.8, 4) is 0 Å². The number of ether oxygens (including phenoxy) is 1. The third-order valence-corrected chi connectivity index (χ3v) is 5.86. The molecule has 5 rings (SSSR count). The molecule has 2 amide bonds. The van der Waals surface area contributed by atoms with Gasteiger partial charge >= 0.3 is 0 Å². The van der Waals surface area contributed by atoms with Gasteiger partial charge in [-0.05, 0) is 23.5 Å². The second-order valence-corrected chi connectivity index (χ2v) is 7.41. The van der Waals surface area contributed by atoms with Gasteiger partial charge in [0.2, 0.25) is 5.91 Å². The summed E-state index contributed by atoms with van der Waals surface area (Å²) in [4.78, 5) is 36.5. The second-order valence-electron chi connectivity index (χ2n) is 7.41. The van der Waals surface area contributed by atoms with Crippen LogP contribution in [0.3, 0.4) is 0 Å². The van der Waals surface area contributed by atoms with Crippen molar-refractivity contribution in [2.75, 3.05) is 26.3 Å². The minimum absolute atomic E-state index is 0.0994. The lowest BCUT2D eigenvalue weighted by Gasteiger charge is -2.18. The van der Waals surface area contributed by atoms with E-state index in [2.05, 4.69) is 15.5 Å². The minimum Gasteiger partial charge on any atom is -0.389 e. The number of rotatable bonds is 4. The predicted molar refractivity (Wildman–Crippen MR) is 89.8 cm³/mol. The maximum Gasteiger partial charge on any atom is 0.269 e. The lowest BCUT2D eigenvalue weighted by atomic mass is 10.0. The Balaban J connectivity index is 1.19. The molecular formula is C18H20N4O4. The van der Waals surface area contributed by atoms with Crippen molar-refractivity contribution in [2.24, 2.45) is 28.8 Å². The molecule has 3 aliphatic heterocycles. The van der Waals surface area contributed by atoms with Crippen molar-refractivity contribution < 1.29 is 19.2 Å². The fraction of sp³-hybridized carbons (Fsp3) is 0.556. The zero-order valence-electron chi connectivity index (χ0n) is 14.2. The van der Waals surface area contributed by atoms with E-state index in [0.717, 1.165) is 5.56 Å². The van der Waals surface area contributed by atoms with Crippen molar-refractivity contribution in [1.82, 2.24) is 15.2 Å². The highest BCUT2D eigenvalue weighted by atomic mass is 16.6. The molecule has 0 spiro atoms. The quantitative estimate of drug-likeness (QED) is 0.807. The number of oxime groups is 1. The fourth-order valence-corrected chi connectivity index (χ4v) is 4.32. The molecule has 4 heterocycles. The maximum absolute atomic E-state index is 12.7. The fourth-order valence-electron chi connectivity index (χ4n) is 4.32. The van der Waals surface area contributed by atoms with Crippen LogP contribution in [0.5, 0.6) is 0 Å². The summed E-state index contributed by atoms with van der Waals surface area (Å²) in [5.74, 6) is 0.661. The van der Waals surface area contributed by atoms with Gasteiger partial charge in [-0.2, -0.15) is 0 Å². The number of likely N-dealkylation sites (tertiary alicyclic amines) is 1. The van der Waals surface area contributed by atoms with E-state index in [1.54, 1.807) is 12.4 Å². The standard InChI is InChI=1S/C18H20N4O4/c23-17(20-5-10-2-1-3-19-4-10)16-11-6-22(7-14(11)26-21-16)18(24)15-12-8-25-9-13(12)15/h1-4,11-15H,5-9H2,(H,20,23)/t11-,12-,13+,14+,15?/m0/s1. The third-order valence-electron chi connectivity index (χ3n) is 5.86. The molecule has 4 aliphatic rings. The largest absolute Gasteiger partial charge is 0.389 e. The highest BCUT2D eigenvalue weighted by Crippen LogP contribution is 2.52. The molecule has 5 atom stereocenters. The molecule has 26 heavy (non-hydrogen) atoms. The summed E-state index contributed by atoms with van der Waals surface area (Å²) in [5, 5.41) is 6.83. The first-order chi connectivity index (χ1) is 12.7. The molecular weight excluding hydrogens is 336 g/mol. The lowest BCUT2D eigenvalue weighted by Crippen LogP contribution is -2.37. The normalized spacial score (nSPS) is 33.9. The highest BCUT2D eigenvalue weighted by molar-refractivity contribution is 6.40. The summed E-state index contributed by atoms with van der Waals surface area (Å²) >= 11 is 0. The zero-order valence-corrected chi connectivity index (χ0v) is 14.2. The van der Waals surface area contributed by atoms with E-state index >= 15 is 0 Å². The summed E-state index contributed by atoms with van der Waals surface area (Å²) < 4.78 is 5.36. The lowest BCUT2D eigenvalue weighted by molar-refractivity contribution is -0.133. The van der Waals surface area contributed by atoms with E-state index in [9.17, 15) is 9.59 Å². The average Bonchev–Trinajstić information content (AvgIpc) is 3.08. The Hall–Kier alpha value is -2.48. The topological polar surface area (TPSA) is 93.1 Å². The number of fused-ring (bicyclic) bond motifs is 2. The van der Waals surface area contributed by atoms with E-state index in [4.69, 9.17) is 9.57 Å². The summed E-state index contributed by atoms with van der Waals surface area (Å²) in [7, 11) is 0. The van der Waals surface area contributed by atoms with Gasteiger partial charge in [0.15, 0.2) is 11.8 Å². The van der Waals surface area contributed by atoms with Crippen molar-refractivity contribution in [3.05, 3.63) is 30.1 Å². The molecule has 1 unspecified atom stereocenters. The number of carbonyl (C=O) groups excluding carboxylic acids is 2. The van der Waals surface area contributed by atoms with Gasteiger partial charge in [-0.1, -0.05) is 11.2 Å². The van der Waals surface area contributed by atoms with Crippen LogP contribution >= 0.6 is 0 Å². The van der Waals surface area contributed by atoms with Crippen molar-refractivity contribution >= 4 is 17.5 Å². The summed E-state index contributed by atoms with van der Waals surface area (Å²) in [5.41, 5.74) is 1.30. The minimum atomic E-state index is -0.243. The average molecular weight is 356 g/mol. The molecule has 1 aromatic rings. The van der Waals surface area contributed by atoms with E-state index in [-0.39, 0.29) is 29.8 Å². The third kappa shape index (κ3) is 2.56. The number of hydrogen-bond acceptors (Lipinski definition) is 6. The van der Waals surface area contributed by atoms with Gasteiger partial charge in [0.1, 0.15) is 0 Å². The van der Waals surface area contributed by atoms with Gasteiger partial charge in [0, 0.05) is 31.4 Å². The van der Waals surface area contributed by atoms with E-state index in [1.165, 1.54) is 0 Å². The van der Waals surface area contributed by atoms with Crippen LogP contribution in [-0.4, -0.2) is 59.8 Å². The SMILES string of the molecule is O=C(NCc1cccnc1)C1=NO[C@@H]2CN(C(=O)C3[C@H]4COC[C@@H]34)C[C@H]12. The molecule has 8 nitrogen and oxygen atoms in total. The Bertz CT molecular complexity index is 758. The maximum atomic E-state index is 12.7. The Morgan fingerprint density at radius 3 is 2.88 bits per heavy atom. The van der Waals surface area contributed by atoms with Crippen molar-refractivity contribution in [3.63, 3.8) is 0 Å². The molecule has 1 N–H and O–H groups in total. The number of nitrogens with zero attached hydrogens (tertiary/aromatic N) is 3. The van der Waals surface area contributed by atoms with Crippen molar-refractivity contribution in [2.45, 2.75) is 12.6 Å². The van der Waals surface area contributed by atoms with Gasteiger partial charge in [-0.15, -0.1) is 0 Å². The van der Waals surface area contributed by atoms with Crippen LogP contribution in [0.4, 0.5) is 0 Å². The van der Waals surface area contributed by atoms with E-state index < -0.39 is 0 Å². The van der Waals surface area contributed by atoms with E-state index in [1.807, 2.05) is 17.0 Å². The molecule has 1 aromatic heterocycles. The first-order valence-corrected chi connectivity index (χ1v) is 8.99. The van der Waals surface area contributed by atoms with Crippen LogP contribution in [0.1, 0.15) is 5.56 Å². The predicted octanol–water partition coefficient (Wildman–Crippen LogP) is -0.197. The number of nitrogens with one attached hydrogen (secondary N) is 1. The molecule has 0 radical (unpaired) electrons. The van der Waals surface area contributed by atoms with Gasteiger partial charge in [-0.25, -0.2) is 0 Å². The summed E-state index contributed by atoms with van der Waals surface area (Å²) in [6.45, 7) is 2.78. The molecule has 1 saturated carbocycles. The number of amides is 2.